The van der Waals surface area contributed by atoms with Gasteiger partial charge >= 0.3 is 0 Å². The van der Waals surface area contributed by atoms with Gasteiger partial charge in [-0.15, -0.1) is 0 Å². The second-order valence-corrected chi connectivity index (χ2v) is 9.50. The number of benzene rings is 2. The van der Waals surface area contributed by atoms with Crippen molar-refractivity contribution >= 4 is 17.5 Å². The first kappa shape index (κ1) is 25.0. The van der Waals surface area contributed by atoms with Crippen molar-refractivity contribution in [3.05, 3.63) is 53.8 Å². The molecular weight excluding hydrogens is 449 g/mol. The van der Waals surface area contributed by atoms with Crippen LogP contribution in [-0.2, 0) is 16.1 Å². The number of hydrogen-bond donors (Lipinski definition) is 2. The zero-order chi connectivity index (χ0) is 24.8. The Morgan fingerprint density at radius 1 is 0.943 bits per heavy atom. The molecule has 1 aliphatic heterocycles. The predicted molar refractivity (Wildman–Crippen MR) is 132 cm³/mol. The molecule has 2 amide bonds. The Hall–Kier alpha value is -3.13. The molecular formula is C27H34FN3O4. The van der Waals surface area contributed by atoms with Crippen molar-refractivity contribution in [3.63, 3.8) is 0 Å². The first-order valence-electron chi connectivity index (χ1n) is 12.2. The molecule has 1 saturated carbocycles. The highest BCUT2D eigenvalue weighted by atomic mass is 19.1. The first-order valence-corrected chi connectivity index (χ1v) is 12.2. The summed E-state index contributed by atoms with van der Waals surface area (Å²) in [6.45, 7) is 1.68. The highest BCUT2D eigenvalue weighted by molar-refractivity contribution is 5.93. The van der Waals surface area contributed by atoms with Crippen LogP contribution in [-0.4, -0.2) is 50.1 Å². The fourth-order valence-corrected chi connectivity index (χ4v) is 5.10. The van der Waals surface area contributed by atoms with Crippen molar-refractivity contribution in [3.8, 4) is 11.5 Å². The molecule has 2 N–H and O–H groups in total. The molecule has 1 heterocycles. The second kappa shape index (κ2) is 11.5. The fourth-order valence-electron chi connectivity index (χ4n) is 5.10. The van der Waals surface area contributed by atoms with Crippen molar-refractivity contribution in [2.24, 2.45) is 11.8 Å². The summed E-state index contributed by atoms with van der Waals surface area (Å²) in [5.41, 5.74) is 1.55. The van der Waals surface area contributed by atoms with E-state index in [9.17, 15) is 14.0 Å². The van der Waals surface area contributed by atoms with Crippen molar-refractivity contribution in [1.29, 1.82) is 0 Å². The first-order chi connectivity index (χ1) is 16.9. The number of halogens is 1. The topological polar surface area (TPSA) is 79.9 Å². The van der Waals surface area contributed by atoms with Gasteiger partial charge in [-0.1, -0.05) is 18.9 Å². The number of rotatable bonds is 8. The Labute approximate surface area is 206 Å². The largest absolute Gasteiger partial charge is 0.493 e. The number of ether oxygens (including phenoxy) is 2. The monoisotopic (exact) mass is 483 g/mol. The minimum atomic E-state index is -0.367. The summed E-state index contributed by atoms with van der Waals surface area (Å²) in [6, 6.07) is 11.7. The molecule has 0 radical (unpaired) electrons. The summed E-state index contributed by atoms with van der Waals surface area (Å²) in [5, 5.41) is 6.09. The third-order valence-electron chi connectivity index (χ3n) is 6.94. The molecule has 1 saturated heterocycles. The molecule has 7 nitrogen and oxygen atoms in total. The van der Waals surface area contributed by atoms with Crippen molar-refractivity contribution in [1.82, 2.24) is 10.2 Å². The quantitative estimate of drug-likeness (QED) is 0.594. The van der Waals surface area contributed by atoms with Crippen molar-refractivity contribution in [2.45, 2.75) is 44.7 Å². The van der Waals surface area contributed by atoms with Gasteiger partial charge in [-0.3, -0.25) is 14.5 Å². The van der Waals surface area contributed by atoms with Gasteiger partial charge in [-0.05, 0) is 61.2 Å². The summed E-state index contributed by atoms with van der Waals surface area (Å²) in [5.74, 6) is 0.149. The smallest absolute Gasteiger partial charge is 0.228 e. The van der Waals surface area contributed by atoms with Crippen LogP contribution in [0.2, 0.25) is 0 Å². The number of nitrogens with one attached hydrogen (secondary N) is 2. The van der Waals surface area contributed by atoms with Crippen LogP contribution in [0.25, 0.3) is 0 Å². The predicted octanol–water partition coefficient (Wildman–Crippen LogP) is 3.98. The van der Waals surface area contributed by atoms with Gasteiger partial charge in [0, 0.05) is 31.4 Å². The van der Waals surface area contributed by atoms with Crippen molar-refractivity contribution in [2.75, 3.05) is 32.6 Å². The van der Waals surface area contributed by atoms with Gasteiger partial charge in [0.15, 0.2) is 11.5 Å². The molecule has 2 aliphatic rings. The summed E-state index contributed by atoms with van der Waals surface area (Å²) < 4.78 is 24.0. The van der Waals surface area contributed by atoms with E-state index in [0.717, 1.165) is 31.2 Å². The minimum absolute atomic E-state index is 0.0218. The number of methoxy groups -OCH3 is 2. The summed E-state index contributed by atoms with van der Waals surface area (Å²) in [4.78, 5) is 28.5. The second-order valence-electron chi connectivity index (χ2n) is 9.50. The molecule has 0 bridgehead atoms. The lowest BCUT2D eigenvalue weighted by molar-refractivity contribution is -0.130. The average Bonchev–Trinajstić information content (AvgIpc) is 3.38. The normalized spacial score (nSPS) is 20.9. The lowest BCUT2D eigenvalue weighted by Crippen LogP contribution is -2.50. The van der Waals surface area contributed by atoms with E-state index in [0.29, 0.717) is 43.2 Å². The molecule has 2 atom stereocenters. The van der Waals surface area contributed by atoms with E-state index in [1.165, 1.54) is 12.1 Å². The minimum Gasteiger partial charge on any atom is -0.493 e. The Kier molecular flexibility index (Phi) is 8.23. The van der Waals surface area contributed by atoms with E-state index in [4.69, 9.17) is 9.47 Å². The Morgan fingerprint density at radius 2 is 1.60 bits per heavy atom. The molecule has 0 spiro atoms. The molecule has 188 valence electrons. The van der Waals surface area contributed by atoms with Gasteiger partial charge in [0.2, 0.25) is 11.8 Å². The Bertz CT molecular complexity index is 1020. The van der Waals surface area contributed by atoms with Crippen LogP contribution in [0.1, 0.15) is 37.7 Å². The van der Waals surface area contributed by atoms with Gasteiger partial charge in [-0.25, -0.2) is 4.39 Å². The number of anilines is 1. The maximum absolute atomic E-state index is 13.3. The zero-order valence-corrected chi connectivity index (χ0v) is 20.4. The lowest BCUT2D eigenvalue weighted by atomic mass is 9.87. The summed E-state index contributed by atoms with van der Waals surface area (Å²) in [7, 11) is 3.20. The van der Waals surface area contributed by atoms with Crippen LogP contribution in [0, 0.1) is 17.7 Å². The Morgan fingerprint density at radius 3 is 2.26 bits per heavy atom. The van der Waals surface area contributed by atoms with Gasteiger partial charge in [0.1, 0.15) is 5.82 Å². The van der Waals surface area contributed by atoms with E-state index in [-0.39, 0.29) is 35.5 Å². The molecule has 4 rings (SSSR count). The van der Waals surface area contributed by atoms with Crippen LogP contribution in [0.3, 0.4) is 0 Å². The van der Waals surface area contributed by atoms with Gasteiger partial charge in [0.25, 0.3) is 0 Å². The number of carbonyl (C=O) groups excluding carboxylic acids is 2. The van der Waals surface area contributed by atoms with E-state index < -0.39 is 0 Å². The highest BCUT2D eigenvalue weighted by Gasteiger charge is 2.36. The number of piperidine rings is 1. The van der Waals surface area contributed by atoms with Crippen LogP contribution < -0.4 is 20.1 Å². The number of nitrogens with zero attached hydrogens (tertiary/aromatic N) is 1. The van der Waals surface area contributed by atoms with Crippen LogP contribution in [0.4, 0.5) is 10.1 Å². The number of likely N-dealkylation sites (tertiary alicyclic amines) is 1. The van der Waals surface area contributed by atoms with Gasteiger partial charge in [-0.2, -0.15) is 0 Å². The number of amides is 2. The van der Waals surface area contributed by atoms with E-state index in [1.54, 1.807) is 26.4 Å². The highest BCUT2D eigenvalue weighted by Crippen LogP contribution is 2.30. The standard InChI is InChI=1S/C27H34FN3O4/c1-34-24-12-7-18(13-25(24)35-2)15-31-16-19(26(32)29-22-5-3-4-6-22)14-20(17-31)27(33)30-23-10-8-21(28)9-11-23/h7-13,19-20,22H,3-6,14-17H2,1-2H3,(H,29,32)(H,30,33)/t19-,20+/m0/s1. The molecule has 1 aliphatic carbocycles. The van der Waals surface area contributed by atoms with Gasteiger partial charge < -0.3 is 20.1 Å². The third kappa shape index (κ3) is 6.51. The molecule has 0 unspecified atom stereocenters. The lowest BCUT2D eigenvalue weighted by Gasteiger charge is -2.37. The van der Waals surface area contributed by atoms with Crippen molar-refractivity contribution < 1.29 is 23.5 Å². The van der Waals surface area contributed by atoms with E-state index in [2.05, 4.69) is 15.5 Å². The molecule has 2 fully saturated rings. The van der Waals surface area contributed by atoms with Gasteiger partial charge in [0.05, 0.1) is 26.1 Å². The molecule has 2 aromatic carbocycles. The molecule has 2 aromatic rings. The average molecular weight is 484 g/mol. The van der Waals surface area contributed by atoms with E-state index in [1.807, 2.05) is 18.2 Å². The third-order valence-corrected chi connectivity index (χ3v) is 6.94. The SMILES string of the molecule is COc1ccc(CN2C[C@H](C(=O)Nc3ccc(F)cc3)C[C@H](C(=O)NC3CCCC3)C2)cc1OC. The van der Waals surface area contributed by atoms with Crippen LogP contribution >= 0.6 is 0 Å². The summed E-state index contributed by atoms with van der Waals surface area (Å²) >= 11 is 0. The molecule has 8 heteroatoms. The maximum Gasteiger partial charge on any atom is 0.228 e. The number of hydrogen-bond acceptors (Lipinski definition) is 5. The molecule has 35 heavy (non-hydrogen) atoms. The summed E-state index contributed by atoms with van der Waals surface area (Å²) in [6.07, 6.45) is 4.80. The fraction of sp³-hybridized carbons (Fsp3) is 0.481. The molecule has 0 aromatic heterocycles. The zero-order valence-electron chi connectivity index (χ0n) is 20.4. The maximum atomic E-state index is 13.3. The van der Waals surface area contributed by atoms with E-state index >= 15 is 0 Å². The van der Waals surface area contributed by atoms with Crippen LogP contribution in [0.15, 0.2) is 42.5 Å². The number of carbonyl (C=O) groups is 2. The van der Waals surface area contributed by atoms with Crippen LogP contribution in [0.5, 0.6) is 11.5 Å². The Balaban J connectivity index is 1.49.